The molecule has 2 saturated heterocycles. The third-order valence-electron chi connectivity index (χ3n) is 4.85. The van der Waals surface area contributed by atoms with E-state index in [1.54, 1.807) is 24.1 Å². The Morgan fingerprint density at radius 3 is 2.75 bits per heavy atom. The molecule has 0 radical (unpaired) electrons. The van der Waals surface area contributed by atoms with Crippen molar-refractivity contribution in [3.05, 3.63) is 23.7 Å². The summed E-state index contributed by atoms with van der Waals surface area (Å²) in [6, 6.07) is 3.46. The van der Waals surface area contributed by atoms with Gasteiger partial charge < -0.3 is 23.9 Å². The van der Waals surface area contributed by atoms with Gasteiger partial charge in [0, 0.05) is 52.4 Å². The molecule has 7 heteroatoms. The second-order valence-electron chi connectivity index (χ2n) is 6.52. The molecule has 7 nitrogen and oxygen atoms in total. The van der Waals surface area contributed by atoms with Crippen molar-refractivity contribution in [3.8, 4) is 0 Å². The normalized spacial score (nSPS) is 25.3. The van der Waals surface area contributed by atoms with Crippen molar-refractivity contribution in [2.45, 2.75) is 6.61 Å². The van der Waals surface area contributed by atoms with Crippen LogP contribution in [0.15, 0.2) is 16.5 Å². The SMILES string of the molecule is COCc1ccc(C(=O)N2C[C@@H](CN3CCOCC3)[C@@H](CO)C2)o1. The Labute approximate surface area is 142 Å². The Morgan fingerprint density at radius 1 is 1.29 bits per heavy atom. The van der Waals surface area contributed by atoms with Crippen LogP contribution < -0.4 is 0 Å². The molecule has 2 atom stereocenters. The minimum Gasteiger partial charge on any atom is -0.453 e. The van der Waals surface area contributed by atoms with Crippen LogP contribution in [0.5, 0.6) is 0 Å². The third kappa shape index (κ3) is 3.97. The van der Waals surface area contributed by atoms with Crippen LogP contribution >= 0.6 is 0 Å². The van der Waals surface area contributed by atoms with Crippen LogP contribution in [0, 0.1) is 11.8 Å². The molecule has 2 aliphatic heterocycles. The monoisotopic (exact) mass is 338 g/mol. The molecular formula is C17H26N2O5. The van der Waals surface area contributed by atoms with Gasteiger partial charge in [-0.05, 0) is 18.1 Å². The van der Waals surface area contributed by atoms with Crippen molar-refractivity contribution in [2.75, 3.05) is 59.7 Å². The minimum absolute atomic E-state index is 0.103. The average Bonchev–Trinajstić information content (AvgIpc) is 3.22. The summed E-state index contributed by atoms with van der Waals surface area (Å²) in [5.41, 5.74) is 0. The molecule has 3 rings (SSSR count). The van der Waals surface area contributed by atoms with Gasteiger partial charge in [-0.1, -0.05) is 0 Å². The molecule has 134 valence electrons. The second kappa shape index (κ2) is 8.11. The molecule has 1 amide bonds. The molecule has 0 bridgehead atoms. The summed E-state index contributed by atoms with van der Waals surface area (Å²) in [6.07, 6.45) is 0. The molecule has 0 aliphatic carbocycles. The molecule has 1 aromatic rings. The molecule has 1 aromatic heterocycles. The summed E-state index contributed by atoms with van der Waals surface area (Å²) < 4.78 is 15.9. The van der Waals surface area contributed by atoms with E-state index in [9.17, 15) is 9.90 Å². The fourth-order valence-corrected chi connectivity index (χ4v) is 3.50. The number of aliphatic hydroxyl groups is 1. The molecule has 0 aromatic carbocycles. The Balaban J connectivity index is 1.60. The van der Waals surface area contributed by atoms with Gasteiger partial charge in [-0.25, -0.2) is 0 Å². The first-order valence-electron chi connectivity index (χ1n) is 8.49. The maximum atomic E-state index is 12.6. The largest absolute Gasteiger partial charge is 0.453 e. The zero-order chi connectivity index (χ0) is 16.9. The quantitative estimate of drug-likeness (QED) is 0.811. The fraction of sp³-hybridized carbons (Fsp3) is 0.706. The van der Waals surface area contributed by atoms with Gasteiger partial charge in [-0.15, -0.1) is 0 Å². The van der Waals surface area contributed by atoms with Crippen LogP contribution in [0.3, 0.4) is 0 Å². The number of methoxy groups -OCH3 is 1. The van der Waals surface area contributed by atoms with Gasteiger partial charge in [0.05, 0.1) is 13.2 Å². The molecule has 24 heavy (non-hydrogen) atoms. The number of carbonyl (C=O) groups is 1. The highest BCUT2D eigenvalue weighted by Crippen LogP contribution is 2.26. The lowest BCUT2D eigenvalue weighted by atomic mass is 9.96. The van der Waals surface area contributed by atoms with Crippen LogP contribution in [0.4, 0.5) is 0 Å². The Kier molecular flexibility index (Phi) is 5.89. The van der Waals surface area contributed by atoms with Crippen LogP contribution in [-0.4, -0.2) is 80.5 Å². The summed E-state index contributed by atoms with van der Waals surface area (Å²) in [4.78, 5) is 16.8. The Bertz CT molecular complexity index is 541. The number of rotatable bonds is 6. The van der Waals surface area contributed by atoms with E-state index in [4.69, 9.17) is 13.9 Å². The number of aliphatic hydroxyl groups excluding tert-OH is 1. The average molecular weight is 338 g/mol. The molecule has 2 aliphatic rings. The molecule has 0 unspecified atom stereocenters. The van der Waals surface area contributed by atoms with Crippen molar-refractivity contribution in [3.63, 3.8) is 0 Å². The van der Waals surface area contributed by atoms with E-state index in [-0.39, 0.29) is 24.3 Å². The van der Waals surface area contributed by atoms with Crippen LogP contribution in [0.1, 0.15) is 16.3 Å². The predicted molar refractivity (Wildman–Crippen MR) is 86.6 cm³/mol. The molecule has 1 N–H and O–H groups in total. The number of nitrogens with zero attached hydrogens (tertiary/aromatic N) is 2. The number of likely N-dealkylation sites (tertiary alicyclic amines) is 1. The van der Waals surface area contributed by atoms with E-state index in [2.05, 4.69) is 4.90 Å². The molecule has 2 fully saturated rings. The summed E-state index contributed by atoms with van der Waals surface area (Å²) in [5, 5.41) is 9.69. The van der Waals surface area contributed by atoms with E-state index in [1.165, 1.54) is 0 Å². The van der Waals surface area contributed by atoms with E-state index in [0.29, 0.717) is 31.2 Å². The van der Waals surface area contributed by atoms with Crippen LogP contribution in [-0.2, 0) is 16.1 Å². The number of hydrogen-bond acceptors (Lipinski definition) is 6. The first-order chi connectivity index (χ1) is 11.7. The molecular weight excluding hydrogens is 312 g/mol. The number of hydrogen-bond donors (Lipinski definition) is 1. The minimum atomic E-state index is -0.111. The highest BCUT2D eigenvalue weighted by molar-refractivity contribution is 5.91. The number of carbonyl (C=O) groups excluding carboxylic acids is 1. The van der Waals surface area contributed by atoms with Crippen molar-refractivity contribution in [1.82, 2.24) is 9.80 Å². The summed E-state index contributed by atoms with van der Waals surface area (Å²) >= 11 is 0. The lowest BCUT2D eigenvalue weighted by Gasteiger charge is -2.30. The fourth-order valence-electron chi connectivity index (χ4n) is 3.50. The van der Waals surface area contributed by atoms with Gasteiger partial charge in [-0.3, -0.25) is 9.69 Å². The lowest BCUT2D eigenvalue weighted by molar-refractivity contribution is 0.0264. The highest BCUT2D eigenvalue weighted by atomic mass is 16.5. The summed E-state index contributed by atoms with van der Waals surface area (Å²) in [6.45, 7) is 5.93. The summed E-state index contributed by atoms with van der Waals surface area (Å²) in [5.74, 6) is 1.27. The van der Waals surface area contributed by atoms with Gasteiger partial charge in [0.15, 0.2) is 5.76 Å². The van der Waals surface area contributed by atoms with E-state index in [0.717, 1.165) is 32.8 Å². The zero-order valence-electron chi connectivity index (χ0n) is 14.1. The second-order valence-corrected chi connectivity index (χ2v) is 6.52. The van der Waals surface area contributed by atoms with Crippen molar-refractivity contribution < 1.29 is 23.8 Å². The number of morpholine rings is 1. The first-order valence-corrected chi connectivity index (χ1v) is 8.49. The van der Waals surface area contributed by atoms with Gasteiger partial charge in [-0.2, -0.15) is 0 Å². The van der Waals surface area contributed by atoms with E-state index >= 15 is 0 Å². The summed E-state index contributed by atoms with van der Waals surface area (Å²) in [7, 11) is 1.59. The van der Waals surface area contributed by atoms with E-state index < -0.39 is 0 Å². The van der Waals surface area contributed by atoms with Gasteiger partial charge in [0.1, 0.15) is 12.4 Å². The Morgan fingerprint density at radius 2 is 2.04 bits per heavy atom. The predicted octanol–water partition coefficient (Wildman–Crippen LogP) is 0.439. The van der Waals surface area contributed by atoms with Crippen molar-refractivity contribution >= 4 is 5.91 Å². The standard InChI is InChI=1S/C17H26N2O5/c1-22-12-15-2-3-16(24-15)17(21)19-9-13(14(10-19)11-20)8-18-4-6-23-7-5-18/h2-3,13-14,20H,4-12H2,1H3/t13-,14-/m1/s1. The van der Waals surface area contributed by atoms with Gasteiger partial charge >= 0.3 is 0 Å². The van der Waals surface area contributed by atoms with Gasteiger partial charge in [0.2, 0.25) is 0 Å². The van der Waals surface area contributed by atoms with Crippen molar-refractivity contribution in [2.24, 2.45) is 11.8 Å². The van der Waals surface area contributed by atoms with E-state index in [1.807, 2.05) is 0 Å². The molecule has 0 saturated carbocycles. The number of furan rings is 1. The smallest absolute Gasteiger partial charge is 0.289 e. The topological polar surface area (TPSA) is 75.4 Å². The van der Waals surface area contributed by atoms with Crippen molar-refractivity contribution in [1.29, 1.82) is 0 Å². The maximum absolute atomic E-state index is 12.6. The Hall–Kier alpha value is -1.41. The zero-order valence-corrected chi connectivity index (χ0v) is 14.1. The number of amides is 1. The third-order valence-corrected chi connectivity index (χ3v) is 4.85. The molecule has 0 spiro atoms. The van der Waals surface area contributed by atoms with Crippen LogP contribution in [0.2, 0.25) is 0 Å². The van der Waals surface area contributed by atoms with Gasteiger partial charge in [0.25, 0.3) is 5.91 Å². The molecule has 3 heterocycles. The highest BCUT2D eigenvalue weighted by Gasteiger charge is 2.37. The number of ether oxygens (including phenoxy) is 2. The lowest BCUT2D eigenvalue weighted by Crippen LogP contribution is -2.41. The maximum Gasteiger partial charge on any atom is 0.289 e. The first kappa shape index (κ1) is 17.4. The van der Waals surface area contributed by atoms with Crippen LogP contribution in [0.25, 0.3) is 0 Å².